The van der Waals surface area contributed by atoms with Gasteiger partial charge in [-0.3, -0.25) is 4.99 Å². The molecule has 3 rings (SSSR count). The average molecular weight is 442 g/mol. The highest BCUT2D eigenvalue weighted by atomic mass is 32.1. The van der Waals surface area contributed by atoms with Crippen LogP contribution in [0.4, 0.5) is 18.9 Å². The van der Waals surface area contributed by atoms with Gasteiger partial charge in [-0.15, -0.1) is 11.3 Å². The Morgan fingerprint density at radius 3 is 2.87 bits per heavy atom. The SMILES string of the molecule is CCNC(=NCCc1nc(C(F)(F)F)cs1)NC1CCN(c2ccccc2OC)C1. The van der Waals surface area contributed by atoms with Crippen molar-refractivity contribution in [3.63, 3.8) is 0 Å². The molecule has 0 spiro atoms. The summed E-state index contributed by atoms with van der Waals surface area (Å²) >= 11 is 1.02. The minimum absolute atomic E-state index is 0.212. The summed E-state index contributed by atoms with van der Waals surface area (Å²) in [6.07, 6.45) is -3.08. The second kappa shape index (κ2) is 10.0. The van der Waals surface area contributed by atoms with Gasteiger partial charge in [-0.2, -0.15) is 13.2 Å². The second-order valence-corrected chi connectivity index (χ2v) is 7.83. The van der Waals surface area contributed by atoms with Gasteiger partial charge in [-0.05, 0) is 25.5 Å². The molecular weight excluding hydrogens is 415 g/mol. The van der Waals surface area contributed by atoms with Gasteiger partial charge in [0.2, 0.25) is 0 Å². The molecule has 0 aliphatic carbocycles. The number of anilines is 1. The van der Waals surface area contributed by atoms with Crippen LogP contribution in [0.1, 0.15) is 24.0 Å². The van der Waals surface area contributed by atoms with Gasteiger partial charge < -0.3 is 20.3 Å². The normalized spacial score (nSPS) is 17.3. The van der Waals surface area contributed by atoms with E-state index in [1.807, 2.05) is 31.2 Å². The molecule has 2 heterocycles. The van der Waals surface area contributed by atoms with E-state index >= 15 is 0 Å². The number of nitrogens with one attached hydrogen (secondary N) is 2. The molecule has 0 bridgehead atoms. The third kappa shape index (κ3) is 5.78. The van der Waals surface area contributed by atoms with Gasteiger partial charge in [-0.1, -0.05) is 12.1 Å². The molecule has 1 fully saturated rings. The fourth-order valence-electron chi connectivity index (χ4n) is 3.32. The van der Waals surface area contributed by atoms with Crippen molar-refractivity contribution in [3.8, 4) is 5.75 Å². The Hall–Kier alpha value is -2.49. The zero-order chi connectivity index (χ0) is 21.6. The summed E-state index contributed by atoms with van der Waals surface area (Å²) in [7, 11) is 1.67. The monoisotopic (exact) mass is 441 g/mol. The van der Waals surface area contributed by atoms with Crippen LogP contribution >= 0.6 is 11.3 Å². The molecule has 0 saturated carbocycles. The summed E-state index contributed by atoms with van der Waals surface area (Å²) < 4.78 is 43.5. The molecule has 1 aromatic heterocycles. The Morgan fingerprint density at radius 1 is 1.37 bits per heavy atom. The van der Waals surface area contributed by atoms with Gasteiger partial charge in [0.1, 0.15) is 5.75 Å². The Labute approximate surface area is 178 Å². The van der Waals surface area contributed by atoms with Crippen molar-refractivity contribution in [1.29, 1.82) is 0 Å². The van der Waals surface area contributed by atoms with E-state index in [-0.39, 0.29) is 6.04 Å². The summed E-state index contributed by atoms with van der Waals surface area (Å²) in [6, 6.07) is 8.15. The quantitative estimate of drug-likeness (QED) is 0.508. The minimum Gasteiger partial charge on any atom is -0.495 e. The van der Waals surface area contributed by atoms with Crippen molar-refractivity contribution in [1.82, 2.24) is 15.6 Å². The van der Waals surface area contributed by atoms with Gasteiger partial charge in [0.05, 0.1) is 17.8 Å². The van der Waals surface area contributed by atoms with Crippen molar-refractivity contribution >= 4 is 23.0 Å². The lowest BCUT2D eigenvalue weighted by Crippen LogP contribution is -2.44. The molecule has 2 N–H and O–H groups in total. The van der Waals surface area contributed by atoms with Crippen LogP contribution in [-0.2, 0) is 12.6 Å². The molecule has 1 aliphatic heterocycles. The number of thiazole rings is 1. The van der Waals surface area contributed by atoms with Crippen LogP contribution in [0.2, 0.25) is 0 Å². The largest absolute Gasteiger partial charge is 0.495 e. The van der Waals surface area contributed by atoms with E-state index in [1.165, 1.54) is 0 Å². The van der Waals surface area contributed by atoms with E-state index in [0.717, 1.165) is 47.7 Å². The van der Waals surface area contributed by atoms with E-state index in [2.05, 4.69) is 25.5 Å². The number of nitrogens with zero attached hydrogens (tertiary/aromatic N) is 3. The molecule has 6 nitrogen and oxygen atoms in total. The van der Waals surface area contributed by atoms with E-state index in [9.17, 15) is 13.2 Å². The molecule has 30 heavy (non-hydrogen) atoms. The Balaban J connectivity index is 1.56. The van der Waals surface area contributed by atoms with Crippen LogP contribution < -0.4 is 20.3 Å². The first-order valence-corrected chi connectivity index (χ1v) is 10.7. The highest BCUT2D eigenvalue weighted by Gasteiger charge is 2.33. The average Bonchev–Trinajstić information content (AvgIpc) is 3.37. The summed E-state index contributed by atoms with van der Waals surface area (Å²) in [4.78, 5) is 10.4. The van der Waals surface area contributed by atoms with Crippen LogP contribution in [0.25, 0.3) is 0 Å². The fraction of sp³-hybridized carbons (Fsp3) is 0.500. The lowest BCUT2D eigenvalue weighted by molar-refractivity contribution is -0.140. The number of para-hydroxylation sites is 2. The maximum atomic E-state index is 12.7. The predicted octanol–water partition coefficient (Wildman–Crippen LogP) is 3.55. The zero-order valence-corrected chi connectivity index (χ0v) is 17.8. The number of aromatic nitrogens is 1. The number of aliphatic imine (C=N–C) groups is 1. The Bertz CT molecular complexity index is 855. The molecule has 0 radical (unpaired) electrons. The molecule has 164 valence electrons. The van der Waals surface area contributed by atoms with Gasteiger partial charge in [0.25, 0.3) is 0 Å². The van der Waals surface area contributed by atoms with Gasteiger partial charge >= 0.3 is 6.18 Å². The molecule has 10 heteroatoms. The molecular formula is C20H26F3N5OS. The molecule has 1 saturated heterocycles. The van der Waals surface area contributed by atoms with Crippen molar-refractivity contribution in [2.24, 2.45) is 4.99 Å². The van der Waals surface area contributed by atoms with Crippen molar-refractivity contribution < 1.29 is 17.9 Å². The van der Waals surface area contributed by atoms with Crippen LogP contribution in [0.3, 0.4) is 0 Å². The number of halogens is 3. The molecule has 1 unspecified atom stereocenters. The molecule has 1 aromatic carbocycles. The number of guanidine groups is 1. The second-order valence-electron chi connectivity index (χ2n) is 6.88. The first-order chi connectivity index (χ1) is 14.4. The van der Waals surface area contributed by atoms with Crippen LogP contribution in [0.15, 0.2) is 34.6 Å². The number of hydrogen-bond donors (Lipinski definition) is 2. The molecule has 1 atom stereocenters. The highest BCUT2D eigenvalue weighted by molar-refractivity contribution is 7.09. The van der Waals surface area contributed by atoms with Crippen molar-refractivity contribution in [3.05, 3.63) is 40.3 Å². The summed E-state index contributed by atoms with van der Waals surface area (Å²) in [5.41, 5.74) is 0.231. The summed E-state index contributed by atoms with van der Waals surface area (Å²) in [6.45, 7) is 4.75. The van der Waals surface area contributed by atoms with E-state index in [4.69, 9.17) is 4.74 Å². The Kier molecular flexibility index (Phi) is 7.41. The fourth-order valence-corrected chi connectivity index (χ4v) is 4.11. The van der Waals surface area contributed by atoms with Gasteiger partial charge in [0.15, 0.2) is 11.7 Å². The number of methoxy groups -OCH3 is 1. The van der Waals surface area contributed by atoms with E-state index in [1.54, 1.807) is 7.11 Å². The molecule has 1 aliphatic rings. The van der Waals surface area contributed by atoms with Crippen molar-refractivity contribution in [2.45, 2.75) is 32.0 Å². The van der Waals surface area contributed by atoms with Crippen LogP contribution in [0.5, 0.6) is 5.75 Å². The maximum absolute atomic E-state index is 12.7. The lowest BCUT2D eigenvalue weighted by atomic mass is 10.2. The number of ether oxygens (including phenoxy) is 1. The number of rotatable bonds is 7. The Morgan fingerprint density at radius 2 is 2.17 bits per heavy atom. The summed E-state index contributed by atoms with van der Waals surface area (Å²) in [5.74, 6) is 1.51. The number of hydrogen-bond acceptors (Lipinski definition) is 5. The van der Waals surface area contributed by atoms with E-state index in [0.29, 0.717) is 30.5 Å². The van der Waals surface area contributed by atoms with E-state index < -0.39 is 11.9 Å². The molecule has 0 amide bonds. The van der Waals surface area contributed by atoms with Crippen molar-refractivity contribution in [2.75, 3.05) is 38.2 Å². The third-order valence-corrected chi connectivity index (χ3v) is 5.65. The standard InChI is InChI=1S/C20H26F3N5OS/c1-3-24-19(25-10-8-18-27-17(13-30-18)20(21,22)23)26-14-9-11-28(12-14)15-6-4-5-7-16(15)29-2/h4-7,13-14H,3,8-12H2,1-2H3,(H2,24,25,26). The summed E-state index contributed by atoms with van der Waals surface area (Å²) in [5, 5.41) is 8.11. The van der Waals surface area contributed by atoms with Gasteiger partial charge in [0, 0.05) is 44.0 Å². The minimum atomic E-state index is -4.40. The first-order valence-electron chi connectivity index (χ1n) is 9.85. The smallest absolute Gasteiger partial charge is 0.434 e. The highest BCUT2D eigenvalue weighted by Crippen LogP contribution is 2.31. The lowest BCUT2D eigenvalue weighted by Gasteiger charge is -2.22. The molecule has 2 aromatic rings. The maximum Gasteiger partial charge on any atom is 0.434 e. The number of alkyl halides is 3. The van der Waals surface area contributed by atoms with Gasteiger partial charge in [-0.25, -0.2) is 4.98 Å². The predicted molar refractivity (Wildman–Crippen MR) is 114 cm³/mol. The zero-order valence-electron chi connectivity index (χ0n) is 17.0. The third-order valence-electron chi connectivity index (χ3n) is 4.74. The topological polar surface area (TPSA) is 61.8 Å². The van der Waals surface area contributed by atoms with Crippen LogP contribution in [0, 0.1) is 0 Å². The van der Waals surface area contributed by atoms with Crippen LogP contribution in [-0.4, -0.2) is 50.3 Å². The first kappa shape index (κ1) is 22.2. The number of benzene rings is 1.